The summed E-state index contributed by atoms with van der Waals surface area (Å²) in [5.41, 5.74) is 1.95. The van der Waals surface area contributed by atoms with Crippen LogP contribution < -0.4 is 5.32 Å². The fourth-order valence-electron chi connectivity index (χ4n) is 3.07. The summed E-state index contributed by atoms with van der Waals surface area (Å²) in [5, 5.41) is 13.4. The van der Waals surface area contributed by atoms with Crippen molar-refractivity contribution in [3.05, 3.63) is 35.8 Å². The summed E-state index contributed by atoms with van der Waals surface area (Å²) in [6, 6.07) is 3.99. The molecule has 0 fully saturated rings. The van der Waals surface area contributed by atoms with Crippen LogP contribution in [0.25, 0.3) is 5.65 Å². The highest BCUT2D eigenvalue weighted by molar-refractivity contribution is 5.77. The number of rotatable bonds is 8. The maximum absolute atomic E-state index is 12.2. The molecule has 0 unspecified atom stereocenters. The highest BCUT2D eigenvalue weighted by atomic mass is 16.3. The van der Waals surface area contributed by atoms with Crippen molar-refractivity contribution in [2.75, 3.05) is 0 Å². The third-order valence-corrected chi connectivity index (χ3v) is 4.11. The van der Waals surface area contributed by atoms with Crippen LogP contribution in [0.5, 0.6) is 0 Å². The largest absolute Gasteiger partial charge is 0.389 e. The van der Waals surface area contributed by atoms with Crippen molar-refractivity contribution in [2.24, 2.45) is 0 Å². The Morgan fingerprint density at radius 3 is 2.65 bits per heavy atom. The second kappa shape index (κ2) is 7.59. The first-order valence-electron chi connectivity index (χ1n) is 8.39. The summed E-state index contributed by atoms with van der Waals surface area (Å²) in [4.78, 5) is 16.7. The number of nitrogens with zero attached hydrogens (tertiary/aromatic N) is 2. The third-order valence-electron chi connectivity index (χ3n) is 4.11. The number of amides is 1. The Labute approximate surface area is 137 Å². The number of aryl methyl sites for hydroxylation is 1. The minimum absolute atomic E-state index is 0.122. The van der Waals surface area contributed by atoms with Crippen molar-refractivity contribution >= 4 is 11.6 Å². The van der Waals surface area contributed by atoms with Crippen LogP contribution >= 0.6 is 0 Å². The maximum Gasteiger partial charge on any atom is 0.223 e. The van der Waals surface area contributed by atoms with E-state index in [2.05, 4.69) is 10.3 Å². The van der Waals surface area contributed by atoms with Crippen molar-refractivity contribution in [1.29, 1.82) is 0 Å². The van der Waals surface area contributed by atoms with Crippen LogP contribution in [-0.4, -0.2) is 26.0 Å². The van der Waals surface area contributed by atoms with Crippen LogP contribution in [0.4, 0.5) is 0 Å². The topological polar surface area (TPSA) is 66.6 Å². The molecule has 23 heavy (non-hydrogen) atoms. The zero-order chi connectivity index (χ0) is 16.9. The molecule has 0 saturated heterocycles. The van der Waals surface area contributed by atoms with Crippen molar-refractivity contribution in [3.8, 4) is 0 Å². The van der Waals surface area contributed by atoms with Crippen LogP contribution in [-0.2, 0) is 11.3 Å². The Bertz CT molecular complexity index is 657. The second-order valence-electron chi connectivity index (χ2n) is 6.33. The summed E-state index contributed by atoms with van der Waals surface area (Å²) >= 11 is 0. The molecule has 2 aromatic heterocycles. The van der Waals surface area contributed by atoms with E-state index < -0.39 is 5.60 Å². The third kappa shape index (κ3) is 4.55. The summed E-state index contributed by atoms with van der Waals surface area (Å²) in [5.74, 6) is -0.122. The molecule has 0 aliphatic carbocycles. The Morgan fingerprint density at radius 1 is 1.35 bits per heavy atom. The monoisotopic (exact) mass is 317 g/mol. The van der Waals surface area contributed by atoms with Gasteiger partial charge in [-0.15, -0.1) is 0 Å². The van der Waals surface area contributed by atoms with Crippen molar-refractivity contribution in [3.63, 3.8) is 0 Å². The van der Waals surface area contributed by atoms with Gasteiger partial charge in [-0.3, -0.25) is 4.79 Å². The number of carbonyl (C=O) groups excluding carboxylic acids is 1. The lowest BCUT2D eigenvalue weighted by molar-refractivity contribution is -0.126. The molecule has 0 spiro atoms. The van der Waals surface area contributed by atoms with Gasteiger partial charge in [0.1, 0.15) is 5.65 Å². The van der Waals surface area contributed by atoms with Crippen LogP contribution in [0.3, 0.4) is 0 Å². The summed E-state index contributed by atoms with van der Waals surface area (Å²) in [6.07, 6.45) is 7.07. The molecule has 2 rings (SSSR count). The first-order valence-corrected chi connectivity index (χ1v) is 8.39. The number of imidazole rings is 1. The van der Waals surface area contributed by atoms with Gasteiger partial charge < -0.3 is 14.8 Å². The minimum Gasteiger partial charge on any atom is -0.389 e. The van der Waals surface area contributed by atoms with E-state index in [4.69, 9.17) is 0 Å². The van der Waals surface area contributed by atoms with Crippen LogP contribution in [0.15, 0.2) is 24.5 Å². The number of pyridine rings is 1. The molecule has 2 heterocycles. The van der Waals surface area contributed by atoms with Gasteiger partial charge in [0.05, 0.1) is 24.3 Å². The SMILES string of the molecule is CCCC(O)(CCC)CC(=O)NCc1cn2cccc(C)c2n1. The number of hydrogen-bond acceptors (Lipinski definition) is 3. The molecule has 2 aromatic rings. The van der Waals surface area contributed by atoms with E-state index >= 15 is 0 Å². The predicted octanol–water partition coefficient (Wildman–Crippen LogP) is 2.98. The van der Waals surface area contributed by atoms with E-state index in [0.29, 0.717) is 19.4 Å². The molecule has 0 aliphatic heterocycles. The number of aliphatic hydroxyl groups is 1. The fraction of sp³-hybridized carbons (Fsp3) is 0.556. The van der Waals surface area contributed by atoms with Gasteiger partial charge in [-0.05, 0) is 31.4 Å². The van der Waals surface area contributed by atoms with E-state index in [9.17, 15) is 9.90 Å². The van der Waals surface area contributed by atoms with Crippen molar-refractivity contribution in [1.82, 2.24) is 14.7 Å². The molecular formula is C18H27N3O2. The highest BCUT2D eigenvalue weighted by Crippen LogP contribution is 2.23. The van der Waals surface area contributed by atoms with E-state index in [-0.39, 0.29) is 12.3 Å². The molecule has 0 radical (unpaired) electrons. The van der Waals surface area contributed by atoms with Gasteiger partial charge in [0.25, 0.3) is 0 Å². The zero-order valence-corrected chi connectivity index (χ0v) is 14.3. The maximum atomic E-state index is 12.2. The lowest BCUT2D eigenvalue weighted by Crippen LogP contribution is -2.36. The van der Waals surface area contributed by atoms with Crippen molar-refractivity contribution < 1.29 is 9.90 Å². The molecule has 0 atom stereocenters. The van der Waals surface area contributed by atoms with Crippen LogP contribution in [0.1, 0.15) is 57.2 Å². The number of nitrogens with one attached hydrogen (secondary N) is 1. The first-order chi connectivity index (χ1) is 11.0. The number of carbonyl (C=O) groups is 1. The van der Waals surface area contributed by atoms with E-state index in [1.807, 2.05) is 49.7 Å². The Kier molecular flexibility index (Phi) is 5.77. The average Bonchev–Trinajstić information content (AvgIpc) is 2.90. The molecule has 0 bridgehead atoms. The first kappa shape index (κ1) is 17.5. The molecule has 5 heteroatoms. The fourth-order valence-corrected chi connectivity index (χ4v) is 3.07. The van der Waals surface area contributed by atoms with Gasteiger partial charge in [-0.25, -0.2) is 4.98 Å². The molecule has 2 N–H and O–H groups in total. The van der Waals surface area contributed by atoms with E-state index in [0.717, 1.165) is 29.7 Å². The molecule has 0 aliphatic rings. The lowest BCUT2D eigenvalue weighted by Gasteiger charge is -2.26. The zero-order valence-electron chi connectivity index (χ0n) is 14.3. The lowest BCUT2D eigenvalue weighted by atomic mass is 9.89. The minimum atomic E-state index is -0.886. The average molecular weight is 317 g/mol. The molecular weight excluding hydrogens is 290 g/mol. The number of aromatic nitrogens is 2. The smallest absolute Gasteiger partial charge is 0.223 e. The van der Waals surface area contributed by atoms with E-state index in [1.165, 1.54) is 0 Å². The molecule has 5 nitrogen and oxygen atoms in total. The van der Waals surface area contributed by atoms with E-state index in [1.54, 1.807) is 0 Å². The van der Waals surface area contributed by atoms with Gasteiger partial charge in [0, 0.05) is 12.4 Å². The number of fused-ring (bicyclic) bond motifs is 1. The molecule has 0 aromatic carbocycles. The van der Waals surface area contributed by atoms with Crippen molar-refractivity contribution in [2.45, 2.75) is 65.0 Å². The predicted molar refractivity (Wildman–Crippen MR) is 91.2 cm³/mol. The Balaban J connectivity index is 1.96. The molecule has 1 amide bonds. The van der Waals surface area contributed by atoms with Gasteiger partial charge in [-0.1, -0.05) is 32.8 Å². The van der Waals surface area contributed by atoms with Crippen LogP contribution in [0, 0.1) is 6.92 Å². The van der Waals surface area contributed by atoms with Gasteiger partial charge >= 0.3 is 0 Å². The Morgan fingerprint density at radius 2 is 2.04 bits per heavy atom. The second-order valence-corrected chi connectivity index (χ2v) is 6.33. The number of hydrogen-bond donors (Lipinski definition) is 2. The normalized spacial score (nSPS) is 11.8. The summed E-state index contributed by atoms with van der Waals surface area (Å²) in [6.45, 7) is 6.45. The highest BCUT2D eigenvalue weighted by Gasteiger charge is 2.28. The van der Waals surface area contributed by atoms with Gasteiger partial charge in [-0.2, -0.15) is 0 Å². The van der Waals surface area contributed by atoms with Gasteiger partial charge in [0.2, 0.25) is 5.91 Å². The van der Waals surface area contributed by atoms with Gasteiger partial charge in [0.15, 0.2) is 0 Å². The quantitative estimate of drug-likeness (QED) is 0.786. The van der Waals surface area contributed by atoms with Crippen LogP contribution in [0.2, 0.25) is 0 Å². The molecule has 126 valence electrons. The standard InChI is InChI=1S/C18H27N3O2/c1-4-8-18(23,9-5-2)11-16(22)19-12-15-13-21-10-6-7-14(3)17(21)20-15/h6-7,10,13,23H,4-5,8-9,11-12H2,1-3H3,(H,19,22). The Hall–Kier alpha value is -1.88. The summed E-state index contributed by atoms with van der Waals surface area (Å²) in [7, 11) is 0. The molecule has 0 saturated carbocycles. The summed E-state index contributed by atoms with van der Waals surface area (Å²) < 4.78 is 1.96.